The van der Waals surface area contributed by atoms with Gasteiger partial charge in [0.1, 0.15) is 0 Å². The molecule has 4 atom stereocenters. The van der Waals surface area contributed by atoms with Crippen LogP contribution in [-0.2, 0) is 9.53 Å². The quantitative estimate of drug-likeness (QED) is 0.813. The molecule has 3 aliphatic rings. The molecule has 0 aromatic heterocycles. The van der Waals surface area contributed by atoms with E-state index in [0.717, 1.165) is 32.4 Å². The molecular formula is C15H26N2O2. The maximum Gasteiger partial charge on any atom is 0.226 e. The Morgan fingerprint density at radius 1 is 1.32 bits per heavy atom. The van der Waals surface area contributed by atoms with E-state index in [4.69, 9.17) is 4.74 Å². The Labute approximate surface area is 115 Å². The molecule has 19 heavy (non-hydrogen) atoms. The monoisotopic (exact) mass is 266 g/mol. The second-order valence-electron chi connectivity index (χ2n) is 6.95. The maximum atomic E-state index is 12.6. The Morgan fingerprint density at radius 2 is 2.16 bits per heavy atom. The molecule has 3 heterocycles. The topological polar surface area (TPSA) is 50.4 Å². The summed E-state index contributed by atoms with van der Waals surface area (Å²) in [5, 5.41) is 6.67. The van der Waals surface area contributed by atoms with Crippen molar-refractivity contribution >= 4 is 5.91 Å². The first kappa shape index (κ1) is 13.4. The first-order chi connectivity index (χ1) is 9.07. The van der Waals surface area contributed by atoms with Gasteiger partial charge in [0.2, 0.25) is 5.91 Å². The highest BCUT2D eigenvalue weighted by Gasteiger charge is 2.44. The fraction of sp³-hybridized carbons (Fsp3) is 0.933. The van der Waals surface area contributed by atoms with Crippen LogP contribution in [0.15, 0.2) is 0 Å². The third-order valence-corrected chi connectivity index (χ3v) is 5.33. The predicted molar refractivity (Wildman–Crippen MR) is 73.8 cm³/mol. The largest absolute Gasteiger partial charge is 0.373 e. The average Bonchev–Trinajstić information content (AvgIpc) is 3.02. The Bertz CT molecular complexity index is 350. The van der Waals surface area contributed by atoms with Crippen molar-refractivity contribution in [3.63, 3.8) is 0 Å². The summed E-state index contributed by atoms with van der Waals surface area (Å²) in [7, 11) is 0. The van der Waals surface area contributed by atoms with E-state index in [0.29, 0.717) is 12.0 Å². The van der Waals surface area contributed by atoms with Gasteiger partial charge in [-0.1, -0.05) is 13.8 Å². The minimum Gasteiger partial charge on any atom is -0.373 e. The van der Waals surface area contributed by atoms with Crippen LogP contribution >= 0.6 is 0 Å². The molecule has 1 amide bonds. The highest BCUT2D eigenvalue weighted by molar-refractivity contribution is 5.82. The smallest absolute Gasteiger partial charge is 0.226 e. The third kappa shape index (κ3) is 2.52. The number of piperidine rings is 1. The lowest BCUT2D eigenvalue weighted by atomic mass is 9.74. The lowest BCUT2D eigenvalue weighted by Crippen LogP contribution is -2.51. The van der Waals surface area contributed by atoms with Gasteiger partial charge in [0.05, 0.1) is 18.2 Å². The van der Waals surface area contributed by atoms with Crippen molar-refractivity contribution in [1.29, 1.82) is 0 Å². The molecule has 4 heteroatoms. The highest BCUT2D eigenvalue weighted by atomic mass is 16.5. The number of rotatable bonds is 3. The summed E-state index contributed by atoms with van der Waals surface area (Å²) in [5.41, 5.74) is -0.282. The van der Waals surface area contributed by atoms with Crippen molar-refractivity contribution in [2.45, 2.75) is 64.2 Å². The molecule has 2 bridgehead atoms. The Kier molecular flexibility index (Phi) is 3.56. The van der Waals surface area contributed by atoms with Crippen molar-refractivity contribution in [2.75, 3.05) is 13.1 Å². The van der Waals surface area contributed by atoms with Crippen LogP contribution in [0.2, 0.25) is 0 Å². The molecule has 3 aliphatic heterocycles. The molecule has 108 valence electrons. The minimum absolute atomic E-state index is 0.211. The van der Waals surface area contributed by atoms with Gasteiger partial charge in [0, 0.05) is 5.41 Å². The van der Waals surface area contributed by atoms with Crippen LogP contribution in [-0.4, -0.2) is 37.2 Å². The fourth-order valence-corrected chi connectivity index (χ4v) is 3.80. The second-order valence-corrected chi connectivity index (χ2v) is 6.95. The zero-order valence-corrected chi connectivity index (χ0v) is 12.1. The standard InChI is InChI=1S/C15H26N2O2/c1-15(2,10-4-3-7-16-9-10)14(18)17-12-8-11-5-6-13(12)19-11/h10-13,16H,3-9H2,1-2H3,(H,17,18). The van der Waals surface area contributed by atoms with Crippen molar-refractivity contribution in [2.24, 2.45) is 11.3 Å². The Balaban J connectivity index is 1.59. The average molecular weight is 266 g/mol. The number of fused-ring (bicyclic) bond motifs is 2. The van der Waals surface area contributed by atoms with E-state index >= 15 is 0 Å². The summed E-state index contributed by atoms with van der Waals surface area (Å²) in [6.45, 7) is 6.24. The summed E-state index contributed by atoms with van der Waals surface area (Å²) < 4.78 is 5.82. The van der Waals surface area contributed by atoms with Crippen molar-refractivity contribution < 1.29 is 9.53 Å². The van der Waals surface area contributed by atoms with E-state index in [1.807, 2.05) is 0 Å². The number of carbonyl (C=O) groups is 1. The zero-order chi connectivity index (χ0) is 13.5. The van der Waals surface area contributed by atoms with Gasteiger partial charge in [-0.15, -0.1) is 0 Å². The molecule has 0 aromatic rings. The van der Waals surface area contributed by atoms with E-state index in [2.05, 4.69) is 24.5 Å². The van der Waals surface area contributed by atoms with E-state index in [9.17, 15) is 4.79 Å². The molecule has 3 fully saturated rings. The first-order valence-electron chi connectivity index (χ1n) is 7.74. The molecule has 4 nitrogen and oxygen atoms in total. The summed E-state index contributed by atoms with van der Waals surface area (Å²) >= 11 is 0. The molecule has 3 rings (SSSR count). The van der Waals surface area contributed by atoms with Gasteiger partial charge in [-0.3, -0.25) is 4.79 Å². The van der Waals surface area contributed by atoms with Crippen LogP contribution in [0.4, 0.5) is 0 Å². The van der Waals surface area contributed by atoms with Gasteiger partial charge < -0.3 is 15.4 Å². The van der Waals surface area contributed by atoms with Gasteiger partial charge in [-0.2, -0.15) is 0 Å². The van der Waals surface area contributed by atoms with Gasteiger partial charge in [-0.25, -0.2) is 0 Å². The number of amides is 1. The van der Waals surface area contributed by atoms with E-state index in [1.54, 1.807) is 0 Å². The Hall–Kier alpha value is -0.610. The van der Waals surface area contributed by atoms with Crippen LogP contribution < -0.4 is 10.6 Å². The normalized spacial score (nSPS) is 38.4. The summed E-state index contributed by atoms with van der Waals surface area (Å²) in [6, 6.07) is 0.252. The molecule has 0 aromatic carbocycles. The molecule has 0 spiro atoms. The number of hydrogen-bond donors (Lipinski definition) is 2. The SMILES string of the molecule is CC(C)(C(=O)NC1CC2CCC1O2)C1CCCNC1. The Morgan fingerprint density at radius 3 is 2.74 bits per heavy atom. The van der Waals surface area contributed by atoms with E-state index in [1.165, 1.54) is 12.8 Å². The summed E-state index contributed by atoms with van der Waals surface area (Å²) in [4.78, 5) is 12.6. The van der Waals surface area contributed by atoms with E-state index in [-0.39, 0.29) is 23.5 Å². The van der Waals surface area contributed by atoms with Crippen LogP contribution in [0, 0.1) is 11.3 Å². The van der Waals surface area contributed by atoms with Crippen LogP contribution in [0.25, 0.3) is 0 Å². The minimum atomic E-state index is -0.282. The lowest BCUT2D eigenvalue weighted by Gasteiger charge is -2.37. The summed E-state index contributed by atoms with van der Waals surface area (Å²) in [6.07, 6.45) is 6.30. The number of carbonyl (C=O) groups excluding carboxylic acids is 1. The molecule has 2 N–H and O–H groups in total. The molecular weight excluding hydrogens is 240 g/mol. The van der Waals surface area contributed by atoms with Gasteiger partial charge in [0.15, 0.2) is 0 Å². The van der Waals surface area contributed by atoms with Crippen molar-refractivity contribution in [3.05, 3.63) is 0 Å². The van der Waals surface area contributed by atoms with Gasteiger partial charge >= 0.3 is 0 Å². The molecule has 3 saturated heterocycles. The third-order valence-electron chi connectivity index (χ3n) is 5.33. The van der Waals surface area contributed by atoms with Crippen LogP contribution in [0.3, 0.4) is 0 Å². The van der Waals surface area contributed by atoms with Crippen LogP contribution in [0.1, 0.15) is 46.0 Å². The second kappa shape index (κ2) is 5.06. The molecule has 4 unspecified atom stereocenters. The predicted octanol–water partition coefficient (Wildman–Crippen LogP) is 1.45. The molecule has 0 aliphatic carbocycles. The maximum absolute atomic E-state index is 12.6. The fourth-order valence-electron chi connectivity index (χ4n) is 3.80. The van der Waals surface area contributed by atoms with Gasteiger partial charge in [0.25, 0.3) is 0 Å². The van der Waals surface area contributed by atoms with Crippen LogP contribution in [0.5, 0.6) is 0 Å². The number of ether oxygens (including phenoxy) is 1. The molecule has 0 radical (unpaired) electrons. The first-order valence-corrected chi connectivity index (χ1v) is 7.74. The summed E-state index contributed by atoms with van der Waals surface area (Å²) in [5.74, 6) is 0.656. The van der Waals surface area contributed by atoms with Crippen molar-refractivity contribution in [3.8, 4) is 0 Å². The lowest BCUT2D eigenvalue weighted by molar-refractivity contribution is -0.133. The number of hydrogen-bond acceptors (Lipinski definition) is 3. The van der Waals surface area contributed by atoms with Crippen molar-refractivity contribution in [1.82, 2.24) is 10.6 Å². The molecule has 0 saturated carbocycles. The van der Waals surface area contributed by atoms with E-state index < -0.39 is 0 Å². The highest BCUT2D eigenvalue weighted by Crippen LogP contribution is 2.36. The zero-order valence-electron chi connectivity index (χ0n) is 12.1. The van der Waals surface area contributed by atoms with Gasteiger partial charge in [-0.05, 0) is 51.1 Å². The number of nitrogens with one attached hydrogen (secondary N) is 2.